The van der Waals surface area contributed by atoms with Gasteiger partial charge in [-0.2, -0.15) is 5.10 Å². The summed E-state index contributed by atoms with van der Waals surface area (Å²) in [6, 6.07) is 9.50. The summed E-state index contributed by atoms with van der Waals surface area (Å²) in [6.07, 6.45) is 5.00. The van der Waals surface area contributed by atoms with Crippen molar-refractivity contribution < 1.29 is 9.53 Å². The van der Waals surface area contributed by atoms with Crippen molar-refractivity contribution in [1.82, 2.24) is 34.2 Å². The van der Waals surface area contributed by atoms with Crippen LogP contribution in [0.25, 0.3) is 11.4 Å². The quantitative estimate of drug-likeness (QED) is 0.452. The Bertz CT molecular complexity index is 1360. The Morgan fingerprint density at radius 3 is 2.88 bits per heavy atom. The minimum Gasteiger partial charge on any atom is -0.497 e. The standard InChI is InChI=1S/C23H23ClN8O2/c1-14-11-31-13-18(20-17(24)10-25-23(29-20)28-19-7-8-26-30(19)2)27-21(31)22(33)32(14)12-15-5-4-6-16(9-15)34-3/h4-10,13-14H,11-12H2,1-3H3,(H,25,28,29). The van der Waals surface area contributed by atoms with E-state index in [1.165, 1.54) is 6.20 Å². The summed E-state index contributed by atoms with van der Waals surface area (Å²) in [7, 11) is 3.44. The number of benzene rings is 1. The van der Waals surface area contributed by atoms with Crippen molar-refractivity contribution in [3.63, 3.8) is 0 Å². The Hall–Kier alpha value is -3.92. The fourth-order valence-electron chi connectivity index (χ4n) is 3.96. The molecule has 1 atom stereocenters. The molecule has 174 valence electrons. The van der Waals surface area contributed by atoms with E-state index in [0.717, 1.165) is 17.1 Å². The maximum absolute atomic E-state index is 13.4. The van der Waals surface area contributed by atoms with Crippen molar-refractivity contribution >= 4 is 29.3 Å². The Morgan fingerprint density at radius 1 is 1.26 bits per heavy atom. The molecule has 4 heterocycles. The van der Waals surface area contributed by atoms with Crippen LogP contribution in [-0.4, -0.2) is 53.3 Å². The largest absolute Gasteiger partial charge is 0.497 e. The SMILES string of the molecule is COc1cccc(CN2C(=O)c3nc(-c4nc(Nc5ccnn5C)ncc4Cl)cn3CC2C)c1. The van der Waals surface area contributed by atoms with Gasteiger partial charge in [0.25, 0.3) is 5.91 Å². The molecule has 1 N–H and O–H groups in total. The van der Waals surface area contributed by atoms with E-state index < -0.39 is 0 Å². The third kappa shape index (κ3) is 4.08. The first-order valence-electron chi connectivity index (χ1n) is 10.7. The van der Waals surface area contributed by atoms with E-state index in [1.807, 2.05) is 60.0 Å². The highest BCUT2D eigenvalue weighted by atomic mass is 35.5. The number of nitrogens with one attached hydrogen (secondary N) is 1. The van der Waals surface area contributed by atoms with Crippen LogP contribution in [0.1, 0.15) is 23.1 Å². The van der Waals surface area contributed by atoms with Gasteiger partial charge in [0, 0.05) is 38.4 Å². The lowest BCUT2D eigenvalue weighted by Crippen LogP contribution is -2.46. The zero-order valence-corrected chi connectivity index (χ0v) is 19.7. The number of amides is 1. The summed E-state index contributed by atoms with van der Waals surface area (Å²) in [5.41, 5.74) is 1.95. The monoisotopic (exact) mass is 478 g/mol. The summed E-state index contributed by atoms with van der Waals surface area (Å²) in [6.45, 7) is 3.10. The van der Waals surface area contributed by atoms with Gasteiger partial charge in [0.05, 0.1) is 24.5 Å². The third-order valence-electron chi connectivity index (χ3n) is 5.76. The molecule has 1 amide bonds. The van der Waals surface area contributed by atoms with Crippen molar-refractivity contribution in [2.45, 2.75) is 26.1 Å². The number of carbonyl (C=O) groups is 1. The number of imidazole rings is 1. The van der Waals surface area contributed by atoms with Crippen LogP contribution in [0.2, 0.25) is 5.02 Å². The van der Waals surface area contributed by atoms with Crippen molar-refractivity contribution in [1.29, 1.82) is 0 Å². The Labute approximate surface area is 201 Å². The molecule has 0 aliphatic carbocycles. The van der Waals surface area contributed by atoms with Crippen molar-refractivity contribution in [3.05, 3.63) is 65.3 Å². The van der Waals surface area contributed by atoms with Crippen LogP contribution in [0.3, 0.4) is 0 Å². The predicted molar refractivity (Wildman–Crippen MR) is 127 cm³/mol. The maximum Gasteiger partial charge on any atom is 0.290 e. The molecule has 1 aliphatic heterocycles. The topological polar surface area (TPSA) is 103 Å². The van der Waals surface area contributed by atoms with Crippen LogP contribution in [0.5, 0.6) is 5.75 Å². The molecular weight excluding hydrogens is 456 g/mol. The second-order valence-corrected chi connectivity index (χ2v) is 8.50. The number of aromatic nitrogens is 6. The smallest absolute Gasteiger partial charge is 0.290 e. The zero-order valence-electron chi connectivity index (χ0n) is 18.9. The van der Waals surface area contributed by atoms with Gasteiger partial charge in [-0.05, 0) is 24.6 Å². The molecule has 4 aromatic rings. The number of anilines is 2. The molecule has 34 heavy (non-hydrogen) atoms. The molecule has 0 fully saturated rings. The van der Waals surface area contributed by atoms with E-state index in [9.17, 15) is 4.79 Å². The van der Waals surface area contributed by atoms with Crippen LogP contribution < -0.4 is 10.1 Å². The lowest BCUT2D eigenvalue weighted by Gasteiger charge is -2.33. The number of hydrogen-bond donors (Lipinski definition) is 1. The van der Waals surface area contributed by atoms with Crippen LogP contribution in [-0.2, 0) is 20.1 Å². The first-order chi connectivity index (χ1) is 16.4. The normalized spacial score (nSPS) is 15.4. The van der Waals surface area contributed by atoms with E-state index in [0.29, 0.717) is 41.3 Å². The lowest BCUT2D eigenvalue weighted by molar-refractivity contribution is 0.0587. The van der Waals surface area contributed by atoms with Crippen molar-refractivity contribution in [2.75, 3.05) is 12.4 Å². The predicted octanol–water partition coefficient (Wildman–Crippen LogP) is 3.52. The number of hydrogen-bond acceptors (Lipinski definition) is 7. The number of nitrogens with zero attached hydrogens (tertiary/aromatic N) is 7. The summed E-state index contributed by atoms with van der Waals surface area (Å²) < 4.78 is 8.84. The number of rotatable bonds is 6. The zero-order chi connectivity index (χ0) is 23.8. The van der Waals surface area contributed by atoms with Gasteiger partial charge in [-0.1, -0.05) is 23.7 Å². The fraction of sp³-hybridized carbons (Fsp3) is 0.261. The molecule has 0 saturated heterocycles. The molecular formula is C23H23ClN8O2. The van der Waals surface area contributed by atoms with Gasteiger partial charge in [-0.25, -0.2) is 15.0 Å². The third-order valence-corrected chi connectivity index (χ3v) is 6.03. The average Bonchev–Trinajstić information content (AvgIpc) is 3.44. The Kier molecular flexibility index (Phi) is 5.66. The van der Waals surface area contributed by atoms with Crippen LogP contribution in [0.15, 0.2) is 48.9 Å². The second-order valence-electron chi connectivity index (χ2n) is 8.09. The summed E-state index contributed by atoms with van der Waals surface area (Å²) in [5.74, 6) is 2.05. The minimum absolute atomic E-state index is 0.0174. The van der Waals surface area contributed by atoms with Crippen LogP contribution in [0.4, 0.5) is 11.8 Å². The van der Waals surface area contributed by atoms with Gasteiger partial charge < -0.3 is 19.5 Å². The lowest BCUT2D eigenvalue weighted by atomic mass is 10.1. The molecule has 5 rings (SSSR count). The van der Waals surface area contributed by atoms with E-state index in [1.54, 1.807) is 18.0 Å². The number of methoxy groups -OCH3 is 1. The highest BCUT2D eigenvalue weighted by Gasteiger charge is 2.32. The molecule has 1 aliphatic rings. The van der Waals surface area contributed by atoms with Crippen molar-refractivity contribution in [3.8, 4) is 17.1 Å². The molecule has 0 spiro atoms. The van der Waals surface area contributed by atoms with Gasteiger partial charge in [-0.15, -0.1) is 0 Å². The van der Waals surface area contributed by atoms with Gasteiger partial charge in [-0.3, -0.25) is 9.48 Å². The van der Waals surface area contributed by atoms with E-state index in [-0.39, 0.29) is 11.9 Å². The molecule has 11 heteroatoms. The van der Waals surface area contributed by atoms with Gasteiger partial charge >= 0.3 is 0 Å². The number of halogens is 1. The molecule has 10 nitrogen and oxygen atoms in total. The summed E-state index contributed by atoms with van der Waals surface area (Å²) >= 11 is 6.41. The van der Waals surface area contributed by atoms with Crippen LogP contribution in [0, 0.1) is 0 Å². The van der Waals surface area contributed by atoms with Gasteiger partial charge in [0.2, 0.25) is 5.95 Å². The van der Waals surface area contributed by atoms with E-state index in [2.05, 4.69) is 25.4 Å². The second kappa shape index (κ2) is 8.79. The van der Waals surface area contributed by atoms with Crippen LogP contribution >= 0.6 is 11.6 Å². The van der Waals surface area contributed by atoms with Gasteiger partial charge in [0.15, 0.2) is 5.82 Å². The van der Waals surface area contributed by atoms with Crippen molar-refractivity contribution in [2.24, 2.45) is 7.05 Å². The minimum atomic E-state index is -0.147. The summed E-state index contributed by atoms with van der Waals surface area (Å²) in [4.78, 5) is 28.6. The fourth-order valence-corrected chi connectivity index (χ4v) is 4.15. The number of ether oxygens (including phenoxy) is 1. The highest BCUT2D eigenvalue weighted by molar-refractivity contribution is 6.32. The number of carbonyl (C=O) groups excluding carboxylic acids is 1. The maximum atomic E-state index is 13.4. The Balaban J connectivity index is 1.43. The molecule has 3 aromatic heterocycles. The molecule has 1 aromatic carbocycles. The first kappa shape index (κ1) is 21.9. The average molecular weight is 479 g/mol. The van der Waals surface area contributed by atoms with E-state index in [4.69, 9.17) is 16.3 Å². The molecule has 1 unspecified atom stereocenters. The van der Waals surface area contributed by atoms with Gasteiger partial charge in [0.1, 0.15) is 23.0 Å². The molecule has 0 radical (unpaired) electrons. The van der Waals surface area contributed by atoms with E-state index >= 15 is 0 Å². The number of aryl methyl sites for hydroxylation is 1. The summed E-state index contributed by atoms with van der Waals surface area (Å²) in [5, 5.41) is 7.58. The highest BCUT2D eigenvalue weighted by Crippen LogP contribution is 2.29. The number of fused-ring (bicyclic) bond motifs is 1. The Morgan fingerprint density at radius 2 is 2.12 bits per heavy atom. The first-order valence-corrected chi connectivity index (χ1v) is 11.1. The molecule has 0 bridgehead atoms. The molecule has 0 saturated carbocycles.